The molecule has 0 saturated carbocycles. The van der Waals surface area contributed by atoms with E-state index in [2.05, 4.69) is 24.5 Å². The standard InChI is InChI=1S/C21H22N4O4/c1-4-14(2)17-7-5-6-8-18(17)23-13-15(12-22)21(26)24-19-10-9-16(25(27)28)11-20(19)29-3/h5-11,13-14,23H,4H2,1-3H3,(H,24,26)/b15-13-. The Morgan fingerprint density at radius 2 is 2.03 bits per heavy atom. The highest BCUT2D eigenvalue weighted by Gasteiger charge is 2.16. The molecule has 0 aliphatic carbocycles. The number of nitriles is 1. The number of hydrogen-bond donors (Lipinski definition) is 2. The van der Waals surface area contributed by atoms with Gasteiger partial charge in [0.05, 0.1) is 23.8 Å². The highest BCUT2D eigenvalue weighted by atomic mass is 16.6. The predicted octanol–water partition coefficient (Wildman–Crippen LogP) is 4.57. The molecule has 0 spiro atoms. The number of carbonyl (C=O) groups excluding carboxylic acids is 1. The van der Waals surface area contributed by atoms with Crippen molar-refractivity contribution in [2.75, 3.05) is 17.7 Å². The van der Waals surface area contributed by atoms with Gasteiger partial charge in [0.25, 0.3) is 11.6 Å². The van der Waals surface area contributed by atoms with Gasteiger partial charge in [0.15, 0.2) is 0 Å². The number of amides is 1. The molecule has 1 unspecified atom stereocenters. The van der Waals surface area contributed by atoms with Gasteiger partial charge in [-0.2, -0.15) is 5.26 Å². The maximum absolute atomic E-state index is 12.5. The van der Waals surface area contributed by atoms with E-state index in [1.165, 1.54) is 31.5 Å². The summed E-state index contributed by atoms with van der Waals surface area (Å²) in [6, 6.07) is 13.3. The molecule has 29 heavy (non-hydrogen) atoms. The highest BCUT2D eigenvalue weighted by molar-refractivity contribution is 6.07. The Morgan fingerprint density at radius 1 is 1.31 bits per heavy atom. The summed E-state index contributed by atoms with van der Waals surface area (Å²) in [5.41, 5.74) is 1.81. The zero-order valence-corrected chi connectivity index (χ0v) is 16.4. The molecular weight excluding hydrogens is 372 g/mol. The lowest BCUT2D eigenvalue weighted by Gasteiger charge is -2.15. The largest absolute Gasteiger partial charge is 0.494 e. The van der Waals surface area contributed by atoms with Gasteiger partial charge in [-0.05, 0) is 30.0 Å². The summed E-state index contributed by atoms with van der Waals surface area (Å²) >= 11 is 0. The van der Waals surface area contributed by atoms with Crippen molar-refractivity contribution < 1.29 is 14.5 Å². The lowest BCUT2D eigenvalue weighted by molar-refractivity contribution is -0.384. The molecule has 2 aromatic carbocycles. The summed E-state index contributed by atoms with van der Waals surface area (Å²) in [6.45, 7) is 4.19. The summed E-state index contributed by atoms with van der Waals surface area (Å²) in [5, 5.41) is 25.8. The smallest absolute Gasteiger partial charge is 0.273 e. The quantitative estimate of drug-likeness (QED) is 0.293. The average Bonchev–Trinajstić information content (AvgIpc) is 2.74. The second-order valence-electron chi connectivity index (χ2n) is 6.31. The molecule has 2 aromatic rings. The van der Waals surface area contributed by atoms with Crippen LogP contribution >= 0.6 is 0 Å². The van der Waals surface area contributed by atoms with Crippen molar-refractivity contribution in [3.05, 3.63) is 69.9 Å². The number of carbonyl (C=O) groups is 1. The van der Waals surface area contributed by atoms with Gasteiger partial charge < -0.3 is 15.4 Å². The number of benzene rings is 2. The second-order valence-corrected chi connectivity index (χ2v) is 6.31. The van der Waals surface area contributed by atoms with Crippen LogP contribution in [-0.4, -0.2) is 17.9 Å². The molecular formula is C21H22N4O4. The number of nitro benzene ring substituents is 1. The van der Waals surface area contributed by atoms with Crippen LogP contribution in [0.4, 0.5) is 17.1 Å². The van der Waals surface area contributed by atoms with Crippen LogP contribution in [0.5, 0.6) is 5.75 Å². The van der Waals surface area contributed by atoms with Gasteiger partial charge in [0.1, 0.15) is 17.4 Å². The lowest BCUT2D eigenvalue weighted by atomic mass is 9.97. The molecule has 0 aliphatic rings. The van der Waals surface area contributed by atoms with Gasteiger partial charge in [-0.3, -0.25) is 14.9 Å². The van der Waals surface area contributed by atoms with E-state index >= 15 is 0 Å². The number of anilines is 2. The molecule has 0 aliphatic heterocycles. The Balaban J connectivity index is 2.22. The molecule has 8 heteroatoms. The van der Waals surface area contributed by atoms with Crippen molar-refractivity contribution in [2.45, 2.75) is 26.2 Å². The normalized spacial score (nSPS) is 11.9. The van der Waals surface area contributed by atoms with E-state index in [1.807, 2.05) is 30.3 Å². The molecule has 0 radical (unpaired) electrons. The monoisotopic (exact) mass is 394 g/mol. The number of non-ortho nitro benzene ring substituents is 1. The molecule has 1 amide bonds. The van der Waals surface area contributed by atoms with Crippen LogP contribution < -0.4 is 15.4 Å². The zero-order chi connectivity index (χ0) is 21.4. The van der Waals surface area contributed by atoms with E-state index < -0.39 is 10.8 Å². The topological polar surface area (TPSA) is 117 Å². The fourth-order valence-corrected chi connectivity index (χ4v) is 2.66. The minimum Gasteiger partial charge on any atom is -0.494 e. The predicted molar refractivity (Wildman–Crippen MR) is 111 cm³/mol. The first-order chi connectivity index (χ1) is 13.9. The number of nitro groups is 1. The van der Waals surface area contributed by atoms with Gasteiger partial charge >= 0.3 is 0 Å². The number of para-hydroxylation sites is 1. The summed E-state index contributed by atoms with van der Waals surface area (Å²) < 4.78 is 5.10. The third kappa shape index (κ3) is 5.32. The first-order valence-corrected chi connectivity index (χ1v) is 9.00. The van der Waals surface area contributed by atoms with Crippen LogP contribution in [0.1, 0.15) is 31.7 Å². The Kier molecular flexibility index (Phi) is 7.32. The average molecular weight is 394 g/mol. The van der Waals surface area contributed by atoms with Crippen molar-refractivity contribution in [1.82, 2.24) is 0 Å². The third-order valence-corrected chi connectivity index (χ3v) is 4.49. The van der Waals surface area contributed by atoms with E-state index in [1.54, 1.807) is 0 Å². The van der Waals surface area contributed by atoms with Crippen molar-refractivity contribution in [2.24, 2.45) is 0 Å². The first kappa shape index (κ1) is 21.4. The zero-order valence-electron chi connectivity index (χ0n) is 16.4. The van der Waals surface area contributed by atoms with Crippen LogP contribution in [0.25, 0.3) is 0 Å². The van der Waals surface area contributed by atoms with Crippen LogP contribution in [-0.2, 0) is 4.79 Å². The lowest BCUT2D eigenvalue weighted by Crippen LogP contribution is -2.15. The maximum atomic E-state index is 12.5. The van der Waals surface area contributed by atoms with Crippen LogP contribution in [0.3, 0.4) is 0 Å². The summed E-state index contributed by atoms with van der Waals surface area (Å²) in [6.07, 6.45) is 2.29. The second kappa shape index (κ2) is 9.90. The van der Waals surface area contributed by atoms with Crippen molar-refractivity contribution in [3.63, 3.8) is 0 Å². The van der Waals surface area contributed by atoms with Crippen molar-refractivity contribution >= 4 is 23.0 Å². The van der Waals surface area contributed by atoms with Gasteiger partial charge in [0, 0.05) is 18.0 Å². The first-order valence-electron chi connectivity index (χ1n) is 9.00. The number of hydrogen-bond acceptors (Lipinski definition) is 6. The number of nitrogens with one attached hydrogen (secondary N) is 2. The fourth-order valence-electron chi connectivity index (χ4n) is 2.66. The Bertz CT molecular complexity index is 979. The van der Waals surface area contributed by atoms with Crippen LogP contribution in [0.15, 0.2) is 54.2 Å². The van der Waals surface area contributed by atoms with Crippen molar-refractivity contribution in [1.29, 1.82) is 5.26 Å². The van der Waals surface area contributed by atoms with Gasteiger partial charge in [-0.15, -0.1) is 0 Å². The van der Waals surface area contributed by atoms with E-state index in [-0.39, 0.29) is 22.7 Å². The van der Waals surface area contributed by atoms with E-state index in [4.69, 9.17) is 4.74 Å². The number of ether oxygens (including phenoxy) is 1. The molecule has 0 bridgehead atoms. The molecule has 0 saturated heterocycles. The van der Waals surface area contributed by atoms with Gasteiger partial charge in [-0.1, -0.05) is 32.0 Å². The molecule has 8 nitrogen and oxygen atoms in total. The number of rotatable bonds is 8. The molecule has 0 heterocycles. The van der Waals surface area contributed by atoms with Crippen LogP contribution in [0, 0.1) is 21.4 Å². The molecule has 0 fully saturated rings. The summed E-state index contributed by atoms with van der Waals surface area (Å²) in [4.78, 5) is 22.8. The molecule has 0 aromatic heterocycles. The van der Waals surface area contributed by atoms with Gasteiger partial charge in [-0.25, -0.2) is 0 Å². The number of nitrogens with zero attached hydrogens (tertiary/aromatic N) is 2. The third-order valence-electron chi connectivity index (χ3n) is 4.49. The van der Waals surface area contributed by atoms with E-state index in [9.17, 15) is 20.2 Å². The molecule has 1 atom stereocenters. The molecule has 150 valence electrons. The van der Waals surface area contributed by atoms with E-state index in [0.717, 1.165) is 17.7 Å². The summed E-state index contributed by atoms with van der Waals surface area (Å²) in [7, 11) is 1.34. The molecule has 2 rings (SSSR count). The Morgan fingerprint density at radius 3 is 2.66 bits per heavy atom. The minimum atomic E-state index is -0.659. The van der Waals surface area contributed by atoms with Gasteiger partial charge in [0.2, 0.25) is 0 Å². The Hall–Kier alpha value is -3.86. The Labute approximate surface area is 169 Å². The highest BCUT2D eigenvalue weighted by Crippen LogP contribution is 2.29. The maximum Gasteiger partial charge on any atom is 0.273 e. The molecule has 2 N–H and O–H groups in total. The fraction of sp³-hybridized carbons (Fsp3) is 0.238. The summed E-state index contributed by atoms with van der Waals surface area (Å²) in [5.74, 6) is -0.219. The number of methoxy groups -OCH3 is 1. The SMILES string of the molecule is CCC(C)c1ccccc1N/C=C(/C#N)C(=O)Nc1ccc([N+](=O)[O-])cc1OC. The van der Waals surface area contributed by atoms with E-state index in [0.29, 0.717) is 5.92 Å². The van der Waals surface area contributed by atoms with Crippen molar-refractivity contribution in [3.8, 4) is 11.8 Å². The minimum absolute atomic E-state index is 0.125. The van der Waals surface area contributed by atoms with Crippen LogP contribution in [0.2, 0.25) is 0 Å².